The smallest absolute Gasteiger partial charge is 0.340 e. The van der Waals surface area contributed by atoms with Gasteiger partial charge in [0, 0.05) is 4.47 Å². The summed E-state index contributed by atoms with van der Waals surface area (Å²) in [5.41, 5.74) is 6.74. The van der Waals surface area contributed by atoms with Gasteiger partial charge in [0.05, 0.1) is 11.3 Å². The van der Waals surface area contributed by atoms with Crippen molar-refractivity contribution in [3.05, 3.63) is 28.2 Å². The number of hydrogen-bond donors (Lipinski definition) is 1. The van der Waals surface area contributed by atoms with Crippen molar-refractivity contribution in [3.63, 3.8) is 0 Å². The largest absolute Gasteiger partial charge is 0.459 e. The average molecular weight is 298 g/mol. The second-order valence-corrected chi connectivity index (χ2v) is 5.22. The van der Waals surface area contributed by atoms with E-state index in [1.165, 1.54) is 6.42 Å². The van der Waals surface area contributed by atoms with Crippen LogP contribution in [0.3, 0.4) is 0 Å². The van der Waals surface area contributed by atoms with Crippen molar-refractivity contribution in [1.29, 1.82) is 0 Å². The van der Waals surface area contributed by atoms with E-state index < -0.39 is 0 Å². The molecular weight excluding hydrogens is 282 g/mol. The van der Waals surface area contributed by atoms with Gasteiger partial charge in [-0.05, 0) is 53.7 Å². The van der Waals surface area contributed by atoms with Gasteiger partial charge in [0.2, 0.25) is 0 Å². The van der Waals surface area contributed by atoms with Crippen molar-refractivity contribution in [1.82, 2.24) is 0 Å². The van der Waals surface area contributed by atoms with E-state index in [0.29, 0.717) is 11.3 Å². The molecule has 1 aromatic rings. The van der Waals surface area contributed by atoms with Crippen molar-refractivity contribution in [2.75, 3.05) is 5.73 Å². The van der Waals surface area contributed by atoms with Crippen LogP contribution in [0.25, 0.3) is 0 Å². The number of ether oxygens (including phenoxy) is 1. The quantitative estimate of drug-likeness (QED) is 0.671. The van der Waals surface area contributed by atoms with Gasteiger partial charge in [-0.25, -0.2) is 4.79 Å². The number of nitrogens with two attached hydrogens (primary N) is 1. The van der Waals surface area contributed by atoms with Crippen LogP contribution >= 0.6 is 15.9 Å². The molecule has 0 saturated heterocycles. The van der Waals surface area contributed by atoms with Crippen molar-refractivity contribution in [2.24, 2.45) is 0 Å². The number of anilines is 1. The lowest BCUT2D eigenvalue weighted by molar-refractivity contribution is 0.0212. The highest BCUT2D eigenvalue weighted by Crippen LogP contribution is 2.26. The molecule has 0 spiro atoms. The summed E-state index contributed by atoms with van der Waals surface area (Å²) in [6.07, 6.45) is 5.54. The average Bonchev–Trinajstić information content (AvgIpc) is 2.34. The van der Waals surface area contributed by atoms with E-state index in [1.807, 2.05) is 6.07 Å². The maximum Gasteiger partial charge on any atom is 0.340 e. The standard InChI is InChI=1S/C13H16BrNO2/c14-11-8-4-7-10(12(11)15)13(16)17-9-5-2-1-3-6-9/h4,7-9H,1-3,5-6,15H2. The van der Waals surface area contributed by atoms with Crippen LogP contribution in [0.2, 0.25) is 0 Å². The zero-order valence-corrected chi connectivity index (χ0v) is 11.2. The number of hydrogen-bond acceptors (Lipinski definition) is 3. The van der Waals surface area contributed by atoms with Gasteiger partial charge in [0.15, 0.2) is 0 Å². The fraction of sp³-hybridized carbons (Fsp3) is 0.462. The minimum Gasteiger partial charge on any atom is -0.459 e. The van der Waals surface area contributed by atoms with Gasteiger partial charge in [0.1, 0.15) is 6.10 Å². The molecule has 17 heavy (non-hydrogen) atoms. The molecular formula is C13H16BrNO2. The SMILES string of the molecule is Nc1c(Br)cccc1C(=O)OC1CCCCC1. The molecule has 2 N–H and O–H groups in total. The first kappa shape index (κ1) is 12.4. The Kier molecular flexibility index (Phi) is 4.05. The highest BCUT2D eigenvalue weighted by Gasteiger charge is 2.20. The number of halogens is 1. The summed E-state index contributed by atoms with van der Waals surface area (Å²) in [6, 6.07) is 5.30. The molecule has 0 radical (unpaired) electrons. The van der Waals surface area contributed by atoms with E-state index in [1.54, 1.807) is 12.1 Å². The number of nitrogen functional groups attached to an aromatic ring is 1. The maximum absolute atomic E-state index is 12.0. The van der Waals surface area contributed by atoms with E-state index in [4.69, 9.17) is 10.5 Å². The molecule has 0 bridgehead atoms. The Morgan fingerprint density at radius 3 is 2.71 bits per heavy atom. The molecule has 0 amide bonds. The van der Waals surface area contributed by atoms with Crippen molar-refractivity contribution in [2.45, 2.75) is 38.2 Å². The number of para-hydroxylation sites is 1. The lowest BCUT2D eigenvalue weighted by Crippen LogP contribution is -2.21. The molecule has 1 fully saturated rings. The van der Waals surface area contributed by atoms with Gasteiger partial charge in [-0.2, -0.15) is 0 Å². The fourth-order valence-electron chi connectivity index (χ4n) is 2.11. The van der Waals surface area contributed by atoms with Gasteiger partial charge in [0.25, 0.3) is 0 Å². The summed E-state index contributed by atoms with van der Waals surface area (Å²) in [4.78, 5) is 12.0. The number of rotatable bonds is 2. The van der Waals surface area contributed by atoms with E-state index in [2.05, 4.69) is 15.9 Å². The van der Waals surface area contributed by atoms with Crippen LogP contribution in [0.15, 0.2) is 22.7 Å². The van der Waals surface area contributed by atoms with E-state index in [9.17, 15) is 4.79 Å². The molecule has 0 aromatic heterocycles. The predicted molar refractivity (Wildman–Crippen MR) is 70.8 cm³/mol. The van der Waals surface area contributed by atoms with Gasteiger partial charge in [-0.15, -0.1) is 0 Å². The second kappa shape index (κ2) is 5.54. The second-order valence-electron chi connectivity index (χ2n) is 4.37. The molecule has 2 rings (SSSR count). The summed E-state index contributed by atoms with van der Waals surface area (Å²) in [5, 5.41) is 0. The van der Waals surface area contributed by atoms with Crippen LogP contribution in [0.1, 0.15) is 42.5 Å². The van der Waals surface area contributed by atoms with Gasteiger partial charge in [-0.1, -0.05) is 12.5 Å². The van der Waals surface area contributed by atoms with Crippen LogP contribution in [0, 0.1) is 0 Å². The zero-order valence-electron chi connectivity index (χ0n) is 9.62. The Morgan fingerprint density at radius 1 is 1.29 bits per heavy atom. The first-order valence-electron chi connectivity index (χ1n) is 5.93. The zero-order chi connectivity index (χ0) is 12.3. The molecule has 1 saturated carbocycles. The van der Waals surface area contributed by atoms with Crippen LogP contribution in [0.4, 0.5) is 5.69 Å². The molecule has 1 aromatic carbocycles. The fourth-order valence-corrected chi connectivity index (χ4v) is 2.48. The predicted octanol–water partition coefficient (Wildman–Crippen LogP) is 3.52. The highest BCUT2D eigenvalue weighted by atomic mass is 79.9. The molecule has 92 valence electrons. The van der Waals surface area contributed by atoms with Crippen molar-refractivity contribution in [3.8, 4) is 0 Å². The topological polar surface area (TPSA) is 52.3 Å². The number of benzene rings is 1. The summed E-state index contributed by atoms with van der Waals surface area (Å²) >= 11 is 3.31. The van der Waals surface area contributed by atoms with Crippen LogP contribution in [-0.2, 0) is 4.74 Å². The van der Waals surface area contributed by atoms with Crippen molar-refractivity contribution >= 4 is 27.6 Å². The summed E-state index contributed by atoms with van der Waals surface area (Å²) in [5.74, 6) is -0.310. The lowest BCUT2D eigenvalue weighted by Gasteiger charge is -2.22. The molecule has 0 unspecified atom stereocenters. The molecule has 0 atom stereocenters. The molecule has 0 aliphatic heterocycles. The summed E-state index contributed by atoms with van der Waals surface area (Å²) in [7, 11) is 0. The third-order valence-corrected chi connectivity index (χ3v) is 3.79. The van der Waals surface area contributed by atoms with Crippen LogP contribution < -0.4 is 5.73 Å². The summed E-state index contributed by atoms with van der Waals surface area (Å²) < 4.78 is 6.21. The first-order valence-corrected chi connectivity index (χ1v) is 6.73. The van der Waals surface area contributed by atoms with E-state index >= 15 is 0 Å². The number of esters is 1. The Bertz CT molecular complexity index is 414. The Hall–Kier alpha value is -1.03. The summed E-state index contributed by atoms with van der Waals surface area (Å²) in [6.45, 7) is 0. The molecule has 1 aliphatic carbocycles. The van der Waals surface area contributed by atoms with E-state index in [-0.39, 0.29) is 12.1 Å². The third-order valence-electron chi connectivity index (χ3n) is 3.10. The third kappa shape index (κ3) is 3.00. The van der Waals surface area contributed by atoms with Crippen LogP contribution in [0.5, 0.6) is 0 Å². The number of carbonyl (C=O) groups excluding carboxylic acids is 1. The molecule has 0 heterocycles. The van der Waals surface area contributed by atoms with Crippen molar-refractivity contribution < 1.29 is 9.53 Å². The Morgan fingerprint density at radius 2 is 2.00 bits per heavy atom. The molecule has 1 aliphatic rings. The molecule has 3 nitrogen and oxygen atoms in total. The minimum atomic E-state index is -0.310. The Balaban J connectivity index is 2.06. The minimum absolute atomic E-state index is 0.0645. The lowest BCUT2D eigenvalue weighted by atomic mass is 9.98. The monoisotopic (exact) mass is 297 g/mol. The van der Waals surface area contributed by atoms with E-state index in [0.717, 1.165) is 30.2 Å². The number of carbonyl (C=O) groups is 1. The van der Waals surface area contributed by atoms with Gasteiger partial charge < -0.3 is 10.5 Å². The highest BCUT2D eigenvalue weighted by molar-refractivity contribution is 9.10. The van der Waals surface area contributed by atoms with Gasteiger partial charge >= 0.3 is 5.97 Å². The van der Waals surface area contributed by atoms with Crippen LogP contribution in [-0.4, -0.2) is 12.1 Å². The normalized spacial score (nSPS) is 16.8. The van der Waals surface area contributed by atoms with Gasteiger partial charge in [-0.3, -0.25) is 0 Å². The maximum atomic E-state index is 12.0. The first-order chi connectivity index (χ1) is 8.18. The molecule has 4 heteroatoms. The Labute approximate surface area is 109 Å².